The fourth-order valence-electron chi connectivity index (χ4n) is 2.68. The highest BCUT2D eigenvalue weighted by Crippen LogP contribution is 2.19. The average molecular weight is 326 g/mol. The maximum atomic E-state index is 12.5. The average Bonchev–Trinajstić information content (AvgIpc) is 2.91. The third-order valence-corrected chi connectivity index (χ3v) is 3.95. The van der Waals surface area contributed by atoms with Crippen molar-refractivity contribution >= 4 is 22.7 Å². The van der Waals surface area contributed by atoms with E-state index in [9.17, 15) is 14.4 Å². The van der Waals surface area contributed by atoms with E-state index < -0.39 is 0 Å². The third kappa shape index (κ3) is 2.60. The fourth-order valence-corrected chi connectivity index (χ4v) is 2.68. The Morgan fingerprint density at radius 1 is 1.25 bits per heavy atom. The van der Waals surface area contributed by atoms with Crippen LogP contribution in [-0.2, 0) is 16.1 Å². The van der Waals surface area contributed by atoms with Crippen LogP contribution in [-0.4, -0.2) is 39.9 Å². The van der Waals surface area contributed by atoms with Gasteiger partial charge < -0.3 is 9.30 Å². The van der Waals surface area contributed by atoms with Crippen LogP contribution in [0.4, 0.5) is 0 Å². The van der Waals surface area contributed by atoms with Crippen LogP contribution in [0.5, 0.6) is 5.88 Å². The monoisotopic (exact) mass is 326 g/mol. The molecule has 0 bridgehead atoms. The van der Waals surface area contributed by atoms with Crippen LogP contribution in [0.3, 0.4) is 0 Å². The molecular formula is C16H14N4O4. The van der Waals surface area contributed by atoms with Crippen LogP contribution < -0.4 is 10.3 Å². The first-order valence-electron chi connectivity index (χ1n) is 7.36. The van der Waals surface area contributed by atoms with Gasteiger partial charge in [0, 0.05) is 32.1 Å². The number of ether oxygens (including phenoxy) is 1. The van der Waals surface area contributed by atoms with Crippen molar-refractivity contribution in [1.29, 1.82) is 5.26 Å². The standard InChI is InChI=1S/C16H14N4O4/c1-24-15-10(9-17)8-11-12(18-15)4-5-19(16(11)23)6-7-20-13(21)2-3-14(20)22/h4-5,8H,2-3,6-7H2,1H3. The van der Waals surface area contributed by atoms with Gasteiger partial charge in [0.1, 0.15) is 11.6 Å². The Balaban J connectivity index is 1.94. The smallest absolute Gasteiger partial charge is 0.260 e. The number of carbonyl (C=O) groups is 2. The summed E-state index contributed by atoms with van der Waals surface area (Å²) in [6.45, 7) is 0.345. The van der Waals surface area contributed by atoms with Crippen molar-refractivity contribution in [3.8, 4) is 11.9 Å². The van der Waals surface area contributed by atoms with Crippen molar-refractivity contribution < 1.29 is 14.3 Å². The lowest BCUT2D eigenvalue weighted by Gasteiger charge is -2.15. The van der Waals surface area contributed by atoms with E-state index in [2.05, 4.69) is 4.98 Å². The van der Waals surface area contributed by atoms with Crippen molar-refractivity contribution in [3.05, 3.63) is 34.2 Å². The molecule has 0 aliphatic carbocycles. The van der Waals surface area contributed by atoms with Crippen LogP contribution in [0, 0.1) is 11.3 Å². The molecule has 3 rings (SSSR count). The number of likely N-dealkylation sites (tertiary alicyclic amines) is 1. The van der Waals surface area contributed by atoms with Gasteiger partial charge in [-0.2, -0.15) is 5.26 Å². The molecule has 0 saturated carbocycles. The summed E-state index contributed by atoms with van der Waals surface area (Å²) in [5.41, 5.74) is 0.253. The predicted molar refractivity (Wildman–Crippen MR) is 83.2 cm³/mol. The van der Waals surface area contributed by atoms with E-state index in [1.807, 2.05) is 6.07 Å². The number of amides is 2. The topological polar surface area (TPSA) is 105 Å². The van der Waals surface area contributed by atoms with E-state index >= 15 is 0 Å². The van der Waals surface area contributed by atoms with Gasteiger partial charge in [-0.3, -0.25) is 19.3 Å². The molecule has 8 heteroatoms. The van der Waals surface area contributed by atoms with Crippen LogP contribution >= 0.6 is 0 Å². The Hall–Kier alpha value is -3.21. The molecule has 122 valence electrons. The molecule has 3 heterocycles. The number of nitrogens with zero attached hydrogens (tertiary/aromatic N) is 4. The fraction of sp³-hybridized carbons (Fsp3) is 0.312. The zero-order valence-corrected chi connectivity index (χ0v) is 13.0. The minimum atomic E-state index is -0.335. The molecule has 0 atom stereocenters. The molecule has 0 unspecified atom stereocenters. The summed E-state index contributed by atoms with van der Waals surface area (Å²) >= 11 is 0. The molecule has 0 N–H and O–H groups in total. The molecule has 24 heavy (non-hydrogen) atoms. The Bertz CT molecular complexity index is 925. The number of methoxy groups -OCH3 is 1. The largest absolute Gasteiger partial charge is 0.480 e. The van der Waals surface area contributed by atoms with Gasteiger partial charge in [0.25, 0.3) is 5.56 Å². The van der Waals surface area contributed by atoms with Crippen molar-refractivity contribution in [3.63, 3.8) is 0 Å². The predicted octanol–water partition coefficient (Wildman–Crippen LogP) is 0.426. The summed E-state index contributed by atoms with van der Waals surface area (Å²) < 4.78 is 6.43. The van der Waals surface area contributed by atoms with Gasteiger partial charge in [-0.05, 0) is 12.1 Å². The van der Waals surface area contributed by atoms with E-state index in [-0.39, 0.29) is 60.1 Å². The number of fused-ring (bicyclic) bond motifs is 1. The molecule has 0 spiro atoms. The molecule has 2 amide bonds. The second kappa shape index (κ2) is 6.12. The number of hydrogen-bond donors (Lipinski definition) is 0. The number of carbonyl (C=O) groups excluding carboxylic acids is 2. The maximum Gasteiger partial charge on any atom is 0.260 e. The number of pyridine rings is 2. The van der Waals surface area contributed by atoms with Crippen LogP contribution in [0.1, 0.15) is 18.4 Å². The Morgan fingerprint density at radius 2 is 1.96 bits per heavy atom. The number of aromatic nitrogens is 2. The van der Waals surface area contributed by atoms with E-state index in [1.165, 1.54) is 22.6 Å². The first kappa shape index (κ1) is 15.7. The van der Waals surface area contributed by atoms with Gasteiger partial charge in [-0.15, -0.1) is 0 Å². The number of imide groups is 1. The summed E-state index contributed by atoms with van der Waals surface area (Å²) in [6.07, 6.45) is 2.00. The van der Waals surface area contributed by atoms with Gasteiger partial charge in [-0.25, -0.2) is 4.98 Å². The van der Waals surface area contributed by atoms with E-state index in [1.54, 1.807) is 12.3 Å². The van der Waals surface area contributed by atoms with Gasteiger partial charge >= 0.3 is 0 Å². The molecule has 1 aliphatic rings. The Labute approximate surface area is 136 Å². The van der Waals surface area contributed by atoms with Crippen molar-refractivity contribution in [2.75, 3.05) is 13.7 Å². The van der Waals surface area contributed by atoms with Crippen molar-refractivity contribution in [2.24, 2.45) is 0 Å². The molecule has 1 aliphatic heterocycles. The van der Waals surface area contributed by atoms with Crippen molar-refractivity contribution in [2.45, 2.75) is 19.4 Å². The van der Waals surface area contributed by atoms with Gasteiger partial charge in [0.05, 0.1) is 18.0 Å². The lowest BCUT2D eigenvalue weighted by molar-refractivity contribution is -0.138. The molecule has 2 aromatic rings. The molecule has 0 radical (unpaired) electrons. The summed E-state index contributed by atoms with van der Waals surface area (Å²) in [5.74, 6) is -0.269. The lowest BCUT2D eigenvalue weighted by atomic mass is 10.2. The zero-order valence-electron chi connectivity index (χ0n) is 13.0. The van der Waals surface area contributed by atoms with Gasteiger partial charge in [0.2, 0.25) is 17.7 Å². The number of rotatable bonds is 4. The summed E-state index contributed by atoms with van der Waals surface area (Å²) in [5, 5.41) is 9.40. The highest BCUT2D eigenvalue weighted by Gasteiger charge is 2.28. The first-order chi connectivity index (χ1) is 11.5. The van der Waals surface area contributed by atoms with E-state index in [4.69, 9.17) is 10.00 Å². The third-order valence-electron chi connectivity index (χ3n) is 3.95. The minimum Gasteiger partial charge on any atom is -0.480 e. The maximum absolute atomic E-state index is 12.5. The second-order valence-electron chi connectivity index (χ2n) is 5.34. The minimum absolute atomic E-state index is 0.151. The van der Waals surface area contributed by atoms with Crippen LogP contribution in [0.2, 0.25) is 0 Å². The number of nitriles is 1. The molecule has 1 fully saturated rings. The van der Waals surface area contributed by atoms with Crippen LogP contribution in [0.25, 0.3) is 10.9 Å². The number of hydrogen-bond acceptors (Lipinski definition) is 6. The summed E-state index contributed by atoms with van der Waals surface area (Å²) in [4.78, 5) is 41.1. The lowest BCUT2D eigenvalue weighted by Crippen LogP contribution is -2.34. The Kier molecular flexibility index (Phi) is 4.00. The second-order valence-corrected chi connectivity index (χ2v) is 5.34. The molecule has 0 aromatic carbocycles. The van der Waals surface area contributed by atoms with E-state index in [0.717, 1.165) is 0 Å². The Morgan fingerprint density at radius 3 is 2.58 bits per heavy atom. The van der Waals surface area contributed by atoms with Gasteiger partial charge in [-0.1, -0.05) is 0 Å². The van der Waals surface area contributed by atoms with Gasteiger partial charge in [0.15, 0.2) is 0 Å². The van der Waals surface area contributed by atoms with Crippen molar-refractivity contribution in [1.82, 2.24) is 14.5 Å². The highest BCUT2D eigenvalue weighted by atomic mass is 16.5. The summed E-state index contributed by atoms with van der Waals surface area (Å²) in [7, 11) is 1.40. The normalized spacial score (nSPS) is 14.2. The molecule has 8 nitrogen and oxygen atoms in total. The highest BCUT2D eigenvalue weighted by molar-refractivity contribution is 6.01. The first-order valence-corrected chi connectivity index (χ1v) is 7.36. The molecule has 2 aromatic heterocycles. The molecular weight excluding hydrogens is 312 g/mol. The SMILES string of the molecule is COc1nc2ccn(CCN3C(=O)CCC3=O)c(=O)c2cc1C#N. The summed E-state index contributed by atoms with van der Waals surface area (Å²) in [6, 6.07) is 5.01. The van der Waals surface area contributed by atoms with E-state index in [0.29, 0.717) is 5.52 Å². The quantitative estimate of drug-likeness (QED) is 0.754. The molecule has 1 saturated heterocycles. The zero-order chi connectivity index (χ0) is 17.3. The van der Waals surface area contributed by atoms with Crippen LogP contribution in [0.15, 0.2) is 23.1 Å².